The van der Waals surface area contributed by atoms with Gasteiger partial charge in [-0.15, -0.1) is 12.4 Å². The maximum absolute atomic E-state index is 10.1. The molecule has 1 rings (SSSR count). The fraction of sp³-hybridized carbons (Fsp3) is 0.222. The van der Waals surface area contributed by atoms with Crippen molar-refractivity contribution < 1.29 is 14.6 Å². The average Bonchev–Trinajstić information content (AvgIpc) is 2.15. The first-order valence-electron chi connectivity index (χ1n) is 3.86. The number of hydrogen-bond donors (Lipinski definition) is 2. The Labute approximate surface area is 88.1 Å². The number of carboxylic acid groups (broad SMARTS) is 1. The molecule has 0 spiro atoms. The van der Waals surface area contributed by atoms with E-state index in [1.807, 2.05) is 12.1 Å². The lowest BCUT2D eigenvalue weighted by Crippen LogP contribution is -2.01. The number of ether oxygens (including phenoxy) is 1. The third kappa shape index (κ3) is 4.11. The molecule has 0 bridgehead atoms. The molecule has 3 N–H and O–H groups in total. The van der Waals surface area contributed by atoms with Gasteiger partial charge in [0, 0.05) is 6.54 Å². The van der Waals surface area contributed by atoms with E-state index in [2.05, 4.69) is 4.74 Å². The van der Waals surface area contributed by atoms with Crippen LogP contribution in [-0.4, -0.2) is 11.3 Å². The zero-order valence-electron chi connectivity index (χ0n) is 7.47. The van der Waals surface area contributed by atoms with Crippen molar-refractivity contribution in [3.63, 3.8) is 0 Å². The third-order valence-corrected chi connectivity index (χ3v) is 1.62. The zero-order valence-corrected chi connectivity index (χ0v) is 8.29. The summed E-state index contributed by atoms with van der Waals surface area (Å²) in [5.41, 5.74) is 7.23. The summed E-state index contributed by atoms with van der Waals surface area (Å²) in [6.45, 7) is 0.570. The molecule has 1 aromatic rings. The highest BCUT2D eigenvalue weighted by atomic mass is 35.5. The van der Waals surface area contributed by atoms with E-state index in [0.717, 1.165) is 11.1 Å². The van der Waals surface area contributed by atoms with Crippen LogP contribution in [0.15, 0.2) is 24.3 Å². The molecule has 0 aliphatic carbocycles. The van der Waals surface area contributed by atoms with E-state index in [1.165, 1.54) is 0 Å². The highest BCUT2D eigenvalue weighted by molar-refractivity contribution is 5.85. The molecular formula is C9H12ClNO3. The van der Waals surface area contributed by atoms with Crippen LogP contribution in [0.1, 0.15) is 11.1 Å². The number of benzene rings is 1. The van der Waals surface area contributed by atoms with Crippen LogP contribution < -0.4 is 5.73 Å². The quantitative estimate of drug-likeness (QED) is 0.757. The molecule has 0 radical (unpaired) electrons. The minimum absolute atomic E-state index is 0. The fourth-order valence-corrected chi connectivity index (χ4v) is 0.917. The molecule has 0 aliphatic heterocycles. The minimum Gasteiger partial charge on any atom is -0.450 e. The van der Waals surface area contributed by atoms with Crippen molar-refractivity contribution >= 4 is 18.6 Å². The highest BCUT2D eigenvalue weighted by Crippen LogP contribution is 2.04. The van der Waals surface area contributed by atoms with Crippen molar-refractivity contribution in [2.45, 2.75) is 13.2 Å². The van der Waals surface area contributed by atoms with E-state index in [4.69, 9.17) is 10.8 Å². The molecule has 0 saturated heterocycles. The molecule has 78 valence electrons. The van der Waals surface area contributed by atoms with Gasteiger partial charge in [-0.05, 0) is 11.1 Å². The molecular weight excluding hydrogens is 206 g/mol. The van der Waals surface area contributed by atoms with E-state index < -0.39 is 6.16 Å². The standard InChI is InChI=1S/C9H11NO3.ClH/c10-5-7-1-3-8(4-2-7)6-13-9(11)12;/h1-4H,5-6,10H2,(H,11,12);1H. The number of rotatable bonds is 3. The number of halogens is 1. The van der Waals surface area contributed by atoms with Crippen LogP contribution in [0.4, 0.5) is 4.79 Å². The molecule has 0 heterocycles. The summed E-state index contributed by atoms with van der Waals surface area (Å²) < 4.78 is 4.39. The van der Waals surface area contributed by atoms with Crippen molar-refractivity contribution in [2.24, 2.45) is 5.73 Å². The summed E-state index contributed by atoms with van der Waals surface area (Å²) in [5.74, 6) is 0. The lowest BCUT2D eigenvalue weighted by Gasteiger charge is -2.01. The van der Waals surface area contributed by atoms with E-state index >= 15 is 0 Å². The van der Waals surface area contributed by atoms with Crippen LogP contribution in [0, 0.1) is 0 Å². The highest BCUT2D eigenvalue weighted by Gasteiger charge is 1.97. The first kappa shape index (κ1) is 12.7. The monoisotopic (exact) mass is 217 g/mol. The van der Waals surface area contributed by atoms with Gasteiger partial charge >= 0.3 is 6.16 Å². The molecule has 0 unspecified atom stereocenters. The van der Waals surface area contributed by atoms with Gasteiger partial charge in [0.05, 0.1) is 0 Å². The zero-order chi connectivity index (χ0) is 9.68. The second kappa shape index (κ2) is 6.23. The van der Waals surface area contributed by atoms with Crippen molar-refractivity contribution in [1.29, 1.82) is 0 Å². The van der Waals surface area contributed by atoms with E-state index in [9.17, 15) is 4.79 Å². The Kier molecular flexibility index (Phi) is 5.67. The summed E-state index contributed by atoms with van der Waals surface area (Å²) in [4.78, 5) is 10.1. The second-order valence-electron chi connectivity index (χ2n) is 2.58. The molecule has 0 amide bonds. The van der Waals surface area contributed by atoms with Crippen LogP contribution in [0.3, 0.4) is 0 Å². The lowest BCUT2D eigenvalue weighted by atomic mass is 10.1. The Bertz CT molecular complexity index is 287. The Morgan fingerprint density at radius 2 is 1.79 bits per heavy atom. The molecule has 4 nitrogen and oxygen atoms in total. The molecule has 0 saturated carbocycles. The number of carbonyl (C=O) groups is 1. The minimum atomic E-state index is -1.26. The van der Waals surface area contributed by atoms with Crippen LogP contribution in [-0.2, 0) is 17.9 Å². The molecule has 14 heavy (non-hydrogen) atoms. The van der Waals surface area contributed by atoms with Gasteiger partial charge in [-0.25, -0.2) is 4.79 Å². The van der Waals surface area contributed by atoms with Gasteiger partial charge in [0.1, 0.15) is 6.61 Å². The van der Waals surface area contributed by atoms with Crippen molar-refractivity contribution in [3.8, 4) is 0 Å². The summed E-state index contributed by atoms with van der Waals surface area (Å²) >= 11 is 0. The van der Waals surface area contributed by atoms with Gasteiger partial charge in [-0.1, -0.05) is 24.3 Å². The smallest absolute Gasteiger partial charge is 0.450 e. The van der Waals surface area contributed by atoms with Crippen molar-refractivity contribution in [1.82, 2.24) is 0 Å². The van der Waals surface area contributed by atoms with Crippen LogP contribution in [0.2, 0.25) is 0 Å². The predicted octanol–water partition coefficient (Wildman–Crippen LogP) is 1.76. The maximum Gasteiger partial charge on any atom is 0.506 e. The van der Waals surface area contributed by atoms with Crippen LogP contribution in [0.25, 0.3) is 0 Å². The maximum atomic E-state index is 10.1. The Hall–Kier alpha value is -1.26. The molecule has 0 aromatic heterocycles. The van der Waals surface area contributed by atoms with Gasteiger partial charge < -0.3 is 15.6 Å². The van der Waals surface area contributed by atoms with Gasteiger partial charge in [-0.3, -0.25) is 0 Å². The van der Waals surface area contributed by atoms with E-state index in [0.29, 0.717) is 6.54 Å². The molecule has 0 atom stereocenters. The normalized spacial score (nSPS) is 8.93. The molecule has 5 heteroatoms. The van der Waals surface area contributed by atoms with Crippen LogP contribution in [0.5, 0.6) is 0 Å². The Balaban J connectivity index is 0.00000169. The summed E-state index contributed by atoms with van der Waals surface area (Å²) in [6, 6.07) is 7.29. The summed E-state index contributed by atoms with van der Waals surface area (Å²) in [7, 11) is 0. The number of nitrogens with two attached hydrogens (primary N) is 1. The largest absolute Gasteiger partial charge is 0.506 e. The average molecular weight is 218 g/mol. The van der Waals surface area contributed by atoms with E-state index in [1.54, 1.807) is 12.1 Å². The first-order chi connectivity index (χ1) is 6.22. The summed E-state index contributed by atoms with van der Waals surface area (Å²) in [6.07, 6.45) is -1.26. The van der Waals surface area contributed by atoms with Crippen molar-refractivity contribution in [2.75, 3.05) is 0 Å². The lowest BCUT2D eigenvalue weighted by molar-refractivity contribution is 0.0854. The van der Waals surface area contributed by atoms with Crippen LogP contribution >= 0.6 is 12.4 Å². The van der Waals surface area contributed by atoms with Gasteiger partial charge in [0.2, 0.25) is 0 Å². The van der Waals surface area contributed by atoms with Gasteiger partial charge in [0.25, 0.3) is 0 Å². The molecule has 0 aliphatic rings. The predicted molar refractivity (Wildman–Crippen MR) is 54.4 cm³/mol. The Morgan fingerprint density at radius 1 is 1.29 bits per heavy atom. The number of hydrogen-bond acceptors (Lipinski definition) is 3. The first-order valence-corrected chi connectivity index (χ1v) is 3.86. The van der Waals surface area contributed by atoms with E-state index in [-0.39, 0.29) is 19.0 Å². The fourth-order valence-electron chi connectivity index (χ4n) is 0.917. The SMILES string of the molecule is Cl.NCc1ccc(COC(=O)O)cc1. The van der Waals surface area contributed by atoms with Gasteiger partial charge in [-0.2, -0.15) is 0 Å². The summed E-state index contributed by atoms with van der Waals surface area (Å²) in [5, 5.41) is 8.23. The second-order valence-corrected chi connectivity index (χ2v) is 2.58. The third-order valence-electron chi connectivity index (χ3n) is 1.62. The van der Waals surface area contributed by atoms with Crippen molar-refractivity contribution in [3.05, 3.63) is 35.4 Å². The molecule has 1 aromatic carbocycles. The molecule has 0 fully saturated rings. The topological polar surface area (TPSA) is 72.5 Å². The Morgan fingerprint density at radius 3 is 2.21 bits per heavy atom. The van der Waals surface area contributed by atoms with Gasteiger partial charge in [0.15, 0.2) is 0 Å².